The van der Waals surface area contributed by atoms with E-state index >= 15 is 0 Å². The van der Waals surface area contributed by atoms with Gasteiger partial charge in [-0.05, 0) is 17.7 Å². The summed E-state index contributed by atoms with van der Waals surface area (Å²) in [5.41, 5.74) is 6.55. The maximum atomic E-state index is 12.7. The number of thiazole rings is 1. The highest BCUT2D eigenvalue weighted by molar-refractivity contribution is 7.22. The van der Waals surface area contributed by atoms with Crippen molar-refractivity contribution in [2.45, 2.75) is 18.8 Å². The first-order valence-electron chi connectivity index (χ1n) is 8.74. The highest BCUT2D eigenvalue weighted by atomic mass is 32.1. The van der Waals surface area contributed by atoms with Gasteiger partial charge in [0, 0.05) is 12.5 Å². The third-order valence-corrected chi connectivity index (χ3v) is 4.88. The lowest BCUT2D eigenvalue weighted by molar-refractivity contribution is -0.274. The van der Waals surface area contributed by atoms with Crippen LogP contribution in [0, 0.1) is 0 Å². The van der Waals surface area contributed by atoms with Crippen molar-refractivity contribution >= 4 is 38.5 Å². The van der Waals surface area contributed by atoms with Gasteiger partial charge in [0.15, 0.2) is 5.13 Å². The first kappa shape index (κ1) is 21.5. The van der Waals surface area contributed by atoms with Crippen molar-refractivity contribution in [2.24, 2.45) is 5.73 Å². The van der Waals surface area contributed by atoms with Crippen molar-refractivity contribution in [1.29, 1.82) is 0 Å². The molecule has 3 aromatic rings. The highest BCUT2D eigenvalue weighted by Gasteiger charge is 2.31. The van der Waals surface area contributed by atoms with E-state index in [0.717, 1.165) is 23.0 Å². The van der Waals surface area contributed by atoms with Crippen molar-refractivity contribution in [2.75, 3.05) is 11.9 Å². The van der Waals surface area contributed by atoms with E-state index < -0.39 is 24.2 Å². The van der Waals surface area contributed by atoms with Crippen LogP contribution in [0.3, 0.4) is 0 Å². The molecular formula is C19H17F3N4O3S. The molecule has 0 radical (unpaired) electrons. The number of ether oxygens (including phenoxy) is 1. The molecular weight excluding hydrogens is 421 g/mol. The van der Waals surface area contributed by atoms with Gasteiger partial charge in [-0.25, -0.2) is 4.98 Å². The number of nitrogens with one attached hydrogen (secondary N) is 2. The maximum Gasteiger partial charge on any atom is 0.573 e. The predicted octanol–water partition coefficient (Wildman–Crippen LogP) is 2.82. The molecule has 1 atom stereocenters. The number of carbonyl (C=O) groups excluding carboxylic acids is 2. The zero-order valence-corrected chi connectivity index (χ0v) is 16.2. The molecule has 0 aliphatic rings. The summed E-state index contributed by atoms with van der Waals surface area (Å²) in [5.74, 6) is -1.40. The quantitative estimate of drug-likeness (QED) is 0.526. The van der Waals surface area contributed by atoms with Crippen LogP contribution in [0.5, 0.6) is 5.75 Å². The number of amides is 2. The zero-order valence-electron chi connectivity index (χ0n) is 15.4. The normalized spacial score (nSPS) is 12.4. The molecule has 11 heteroatoms. The molecule has 158 valence electrons. The largest absolute Gasteiger partial charge is 0.573 e. The van der Waals surface area contributed by atoms with Crippen LogP contribution in [0.15, 0.2) is 48.5 Å². The number of nitrogens with zero attached hydrogens (tertiary/aromatic N) is 1. The first-order chi connectivity index (χ1) is 14.2. The fraction of sp³-hybridized carbons (Fsp3) is 0.211. The molecule has 1 heterocycles. The third kappa shape index (κ3) is 5.91. The van der Waals surface area contributed by atoms with E-state index in [2.05, 4.69) is 20.4 Å². The second-order valence-corrected chi connectivity index (χ2v) is 7.23. The molecule has 0 aliphatic carbocycles. The smallest absolute Gasteiger partial charge is 0.406 e. The summed E-state index contributed by atoms with van der Waals surface area (Å²) in [6.07, 6.45) is -4.58. The molecule has 30 heavy (non-hydrogen) atoms. The van der Waals surface area contributed by atoms with E-state index in [1.807, 2.05) is 30.3 Å². The third-order valence-electron chi connectivity index (χ3n) is 3.94. The number of alkyl halides is 3. The second kappa shape index (κ2) is 9.09. The minimum absolute atomic E-state index is 0.180. The lowest BCUT2D eigenvalue weighted by atomic mass is 10.1. The second-order valence-electron chi connectivity index (χ2n) is 6.20. The highest BCUT2D eigenvalue weighted by Crippen LogP contribution is 2.31. The SMILES string of the molecule is NCC(=O)NC(Cc1ccccc1)C(=O)Nc1nc2ccc(OC(F)(F)F)cc2s1. The van der Waals surface area contributed by atoms with Crippen LogP contribution >= 0.6 is 11.3 Å². The Balaban J connectivity index is 1.76. The Morgan fingerprint density at radius 1 is 1.17 bits per heavy atom. The molecule has 1 aromatic heterocycles. The van der Waals surface area contributed by atoms with Gasteiger partial charge in [-0.1, -0.05) is 41.7 Å². The van der Waals surface area contributed by atoms with Crippen LogP contribution < -0.4 is 21.1 Å². The summed E-state index contributed by atoms with van der Waals surface area (Å²) in [6, 6.07) is 11.9. The van der Waals surface area contributed by atoms with Crippen LogP contribution in [-0.4, -0.2) is 35.7 Å². The molecule has 2 aromatic carbocycles. The van der Waals surface area contributed by atoms with Gasteiger partial charge in [0.05, 0.1) is 16.8 Å². The zero-order chi connectivity index (χ0) is 21.7. The maximum absolute atomic E-state index is 12.7. The number of aromatic nitrogens is 1. The monoisotopic (exact) mass is 438 g/mol. The average Bonchev–Trinajstić information content (AvgIpc) is 3.08. The Hall–Kier alpha value is -3.18. The Morgan fingerprint density at radius 3 is 2.57 bits per heavy atom. The Kier molecular flexibility index (Phi) is 6.53. The van der Waals surface area contributed by atoms with E-state index in [9.17, 15) is 22.8 Å². The summed E-state index contributed by atoms with van der Waals surface area (Å²) in [5, 5.41) is 5.34. The van der Waals surface area contributed by atoms with Crippen molar-refractivity contribution in [3.63, 3.8) is 0 Å². The standard InChI is InChI=1S/C19H17F3N4O3S/c20-19(21,22)29-12-6-7-13-15(9-12)30-18(25-13)26-17(28)14(24-16(27)10-23)8-11-4-2-1-3-5-11/h1-7,9,14H,8,10,23H2,(H,24,27)(H,25,26,28). The van der Waals surface area contributed by atoms with Gasteiger partial charge in [0.25, 0.3) is 0 Å². The summed E-state index contributed by atoms with van der Waals surface area (Å²) >= 11 is 0.986. The number of rotatable bonds is 7. The van der Waals surface area contributed by atoms with E-state index in [0.29, 0.717) is 10.2 Å². The number of hydrogen-bond donors (Lipinski definition) is 3. The molecule has 0 aliphatic heterocycles. The fourth-order valence-electron chi connectivity index (χ4n) is 2.66. The van der Waals surface area contributed by atoms with E-state index in [4.69, 9.17) is 5.73 Å². The molecule has 0 spiro atoms. The number of nitrogens with two attached hydrogens (primary N) is 1. The van der Waals surface area contributed by atoms with Gasteiger partial charge in [0.2, 0.25) is 11.8 Å². The lowest BCUT2D eigenvalue weighted by Gasteiger charge is -2.17. The summed E-state index contributed by atoms with van der Waals surface area (Å²) in [6.45, 7) is -0.276. The van der Waals surface area contributed by atoms with Crippen molar-refractivity contribution in [3.05, 3.63) is 54.1 Å². The molecule has 0 saturated heterocycles. The Bertz CT molecular complexity index is 1040. The van der Waals surface area contributed by atoms with Crippen LogP contribution in [0.25, 0.3) is 10.2 Å². The van der Waals surface area contributed by atoms with Crippen molar-refractivity contribution < 1.29 is 27.5 Å². The van der Waals surface area contributed by atoms with Gasteiger partial charge in [0.1, 0.15) is 11.8 Å². The lowest BCUT2D eigenvalue weighted by Crippen LogP contribution is -2.47. The number of anilines is 1. The van der Waals surface area contributed by atoms with Gasteiger partial charge in [-0.15, -0.1) is 13.2 Å². The summed E-state index contributed by atoms with van der Waals surface area (Å²) in [7, 11) is 0. The molecule has 3 rings (SSSR count). The minimum atomic E-state index is -4.80. The van der Waals surface area contributed by atoms with Gasteiger partial charge >= 0.3 is 6.36 Å². The Morgan fingerprint density at radius 2 is 1.90 bits per heavy atom. The number of benzene rings is 2. The van der Waals surface area contributed by atoms with Crippen molar-refractivity contribution in [3.8, 4) is 5.75 Å². The number of fused-ring (bicyclic) bond motifs is 1. The molecule has 2 amide bonds. The van der Waals surface area contributed by atoms with E-state index in [1.165, 1.54) is 12.1 Å². The molecule has 1 unspecified atom stereocenters. The predicted molar refractivity (Wildman–Crippen MR) is 106 cm³/mol. The fourth-order valence-corrected chi connectivity index (χ4v) is 3.56. The van der Waals surface area contributed by atoms with Crippen LogP contribution in [-0.2, 0) is 16.0 Å². The van der Waals surface area contributed by atoms with E-state index in [-0.39, 0.29) is 23.8 Å². The Labute approximate surface area is 173 Å². The van der Waals surface area contributed by atoms with Gasteiger partial charge < -0.3 is 21.1 Å². The first-order valence-corrected chi connectivity index (χ1v) is 9.56. The van der Waals surface area contributed by atoms with E-state index in [1.54, 1.807) is 0 Å². The molecule has 0 saturated carbocycles. The van der Waals surface area contributed by atoms with Crippen LogP contribution in [0.1, 0.15) is 5.56 Å². The van der Waals surface area contributed by atoms with Gasteiger partial charge in [-0.2, -0.15) is 0 Å². The molecule has 0 fully saturated rings. The number of halogens is 3. The minimum Gasteiger partial charge on any atom is -0.406 e. The molecule has 4 N–H and O–H groups in total. The number of carbonyl (C=O) groups is 2. The van der Waals surface area contributed by atoms with Crippen molar-refractivity contribution in [1.82, 2.24) is 10.3 Å². The summed E-state index contributed by atoms with van der Waals surface area (Å²) in [4.78, 5) is 28.6. The topological polar surface area (TPSA) is 106 Å². The van der Waals surface area contributed by atoms with Crippen LogP contribution in [0.2, 0.25) is 0 Å². The summed E-state index contributed by atoms with van der Waals surface area (Å²) < 4.78 is 41.4. The van der Waals surface area contributed by atoms with Crippen LogP contribution in [0.4, 0.5) is 18.3 Å². The number of hydrogen-bond acceptors (Lipinski definition) is 6. The van der Waals surface area contributed by atoms with Gasteiger partial charge in [-0.3, -0.25) is 9.59 Å². The molecule has 0 bridgehead atoms. The molecule has 7 nitrogen and oxygen atoms in total. The average molecular weight is 438 g/mol.